The van der Waals surface area contributed by atoms with E-state index in [1.807, 2.05) is 30.0 Å². The van der Waals surface area contributed by atoms with Crippen molar-refractivity contribution in [2.45, 2.75) is 55.6 Å². The lowest BCUT2D eigenvalue weighted by molar-refractivity contribution is -0.140. The first-order valence-corrected chi connectivity index (χ1v) is 11.3. The van der Waals surface area contributed by atoms with Crippen molar-refractivity contribution in [1.29, 1.82) is 0 Å². The van der Waals surface area contributed by atoms with E-state index in [-0.39, 0.29) is 11.0 Å². The molecule has 31 heavy (non-hydrogen) atoms. The fourth-order valence-corrected chi connectivity index (χ4v) is 4.14. The van der Waals surface area contributed by atoms with Crippen molar-refractivity contribution < 1.29 is 13.2 Å². The lowest BCUT2D eigenvalue weighted by Gasteiger charge is -2.22. The van der Waals surface area contributed by atoms with Gasteiger partial charge in [0.25, 0.3) is 0 Å². The molecule has 1 aromatic heterocycles. The fourth-order valence-electron chi connectivity index (χ4n) is 3.22. The monoisotopic (exact) mass is 445 g/mol. The summed E-state index contributed by atoms with van der Waals surface area (Å²) in [6, 6.07) is 17.0. The number of halogens is 3. The molecule has 0 aliphatic rings. The van der Waals surface area contributed by atoms with Crippen LogP contribution in [0.25, 0.3) is 0 Å². The van der Waals surface area contributed by atoms with E-state index in [4.69, 9.17) is 0 Å². The van der Waals surface area contributed by atoms with Gasteiger partial charge in [0.05, 0.1) is 0 Å². The topological polar surface area (TPSA) is 29.0 Å². The third-order valence-electron chi connectivity index (χ3n) is 4.88. The van der Waals surface area contributed by atoms with Gasteiger partial charge in [-0.1, -0.05) is 61.9 Å². The summed E-state index contributed by atoms with van der Waals surface area (Å²) in [4.78, 5) is 10.9. The molecule has 0 fully saturated rings. The maximum atomic E-state index is 13.6. The van der Waals surface area contributed by atoms with E-state index in [9.17, 15) is 13.2 Å². The standard InChI is InChI=1S/C24H26F3N3S/c1-3-5-7-10-18-13-15-19(16-14-18)30(4-2)23-28-17-21(24(25,26)27)22(29-23)31-20-11-8-6-9-12-20/h6,8-9,11-17H,3-5,7,10H2,1-2H3. The molecule has 164 valence electrons. The SMILES string of the molecule is CCCCCc1ccc(N(CC)c2ncc(C(F)(F)F)c(Sc3ccccc3)n2)cc1. The van der Waals surface area contributed by atoms with Crippen LogP contribution in [0, 0.1) is 0 Å². The van der Waals surface area contributed by atoms with Crippen LogP contribution < -0.4 is 4.90 Å². The summed E-state index contributed by atoms with van der Waals surface area (Å²) in [5.41, 5.74) is 1.28. The normalized spacial score (nSPS) is 11.5. The van der Waals surface area contributed by atoms with E-state index in [2.05, 4.69) is 29.0 Å². The van der Waals surface area contributed by atoms with Gasteiger partial charge in [-0.05, 0) is 49.6 Å². The van der Waals surface area contributed by atoms with Crippen LogP contribution in [0.4, 0.5) is 24.8 Å². The first-order valence-electron chi connectivity index (χ1n) is 10.5. The molecule has 0 amide bonds. The number of alkyl halides is 3. The minimum absolute atomic E-state index is 0.0988. The van der Waals surface area contributed by atoms with Crippen molar-refractivity contribution >= 4 is 23.4 Å². The number of unbranched alkanes of at least 4 members (excludes halogenated alkanes) is 2. The molecule has 0 unspecified atom stereocenters. The van der Waals surface area contributed by atoms with E-state index in [0.29, 0.717) is 11.4 Å². The van der Waals surface area contributed by atoms with Crippen molar-refractivity contribution in [1.82, 2.24) is 9.97 Å². The van der Waals surface area contributed by atoms with Crippen LogP contribution in [0.15, 0.2) is 70.7 Å². The second kappa shape index (κ2) is 10.7. The van der Waals surface area contributed by atoms with E-state index >= 15 is 0 Å². The molecule has 7 heteroatoms. The quantitative estimate of drug-likeness (QED) is 0.251. The Morgan fingerprint density at radius 2 is 1.65 bits per heavy atom. The molecule has 0 saturated heterocycles. The minimum Gasteiger partial charge on any atom is -0.311 e. The average Bonchev–Trinajstić information content (AvgIpc) is 2.76. The van der Waals surface area contributed by atoms with E-state index in [0.717, 1.165) is 36.5 Å². The summed E-state index contributed by atoms with van der Waals surface area (Å²) in [6.07, 6.45) is 0.910. The van der Waals surface area contributed by atoms with Gasteiger partial charge in [0, 0.05) is 23.3 Å². The molecule has 0 saturated carbocycles. The molecule has 0 aliphatic carbocycles. The van der Waals surface area contributed by atoms with Crippen LogP contribution >= 0.6 is 11.8 Å². The van der Waals surface area contributed by atoms with Crippen LogP contribution in [0.5, 0.6) is 0 Å². The van der Waals surface area contributed by atoms with E-state index in [1.165, 1.54) is 18.4 Å². The van der Waals surface area contributed by atoms with Crippen molar-refractivity contribution in [2.24, 2.45) is 0 Å². The smallest absolute Gasteiger partial charge is 0.311 e. The second-order valence-corrected chi connectivity index (χ2v) is 8.23. The molecule has 0 aliphatic heterocycles. The van der Waals surface area contributed by atoms with Gasteiger partial charge in [-0.25, -0.2) is 9.97 Å². The van der Waals surface area contributed by atoms with Crippen molar-refractivity contribution in [2.75, 3.05) is 11.4 Å². The molecular formula is C24H26F3N3S. The lowest BCUT2D eigenvalue weighted by atomic mass is 10.1. The van der Waals surface area contributed by atoms with Gasteiger partial charge in [-0.15, -0.1) is 0 Å². The van der Waals surface area contributed by atoms with Crippen LogP contribution in [0.2, 0.25) is 0 Å². The maximum absolute atomic E-state index is 13.6. The van der Waals surface area contributed by atoms with Crippen LogP contribution in [-0.4, -0.2) is 16.5 Å². The van der Waals surface area contributed by atoms with E-state index < -0.39 is 11.7 Å². The predicted molar refractivity (Wildman–Crippen MR) is 120 cm³/mol. The number of aryl methyl sites for hydroxylation is 1. The largest absolute Gasteiger partial charge is 0.420 e. The molecule has 3 nitrogen and oxygen atoms in total. The molecule has 2 aromatic carbocycles. The first-order chi connectivity index (χ1) is 14.9. The molecule has 3 aromatic rings. The number of benzene rings is 2. The Labute approximate surface area is 185 Å². The Balaban J connectivity index is 1.90. The highest BCUT2D eigenvalue weighted by Gasteiger charge is 2.35. The van der Waals surface area contributed by atoms with Gasteiger partial charge in [0.15, 0.2) is 0 Å². The summed E-state index contributed by atoms with van der Waals surface area (Å²) in [5, 5.41) is -0.0988. The van der Waals surface area contributed by atoms with Crippen molar-refractivity contribution in [3.05, 3.63) is 71.9 Å². The Morgan fingerprint density at radius 3 is 2.26 bits per heavy atom. The van der Waals surface area contributed by atoms with Crippen LogP contribution in [0.3, 0.4) is 0 Å². The Kier molecular flexibility index (Phi) is 7.96. The number of anilines is 2. The molecule has 3 rings (SSSR count). The highest BCUT2D eigenvalue weighted by molar-refractivity contribution is 7.99. The number of hydrogen-bond donors (Lipinski definition) is 0. The third kappa shape index (κ3) is 6.23. The first kappa shape index (κ1) is 23.1. The number of rotatable bonds is 9. The molecule has 0 radical (unpaired) electrons. The highest BCUT2D eigenvalue weighted by Crippen LogP contribution is 2.39. The van der Waals surface area contributed by atoms with Gasteiger partial charge in [0.1, 0.15) is 10.6 Å². The highest BCUT2D eigenvalue weighted by atomic mass is 32.2. The van der Waals surface area contributed by atoms with Gasteiger partial charge >= 0.3 is 6.18 Å². The van der Waals surface area contributed by atoms with Crippen molar-refractivity contribution in [3.63, 3.8) is 0 Å². The fraction of sp³-hybridized carbons (Fsp3) is 0.333. The maximum Gasteiger partial charge on any atom is 0.420 e. The van der Waals surface area contributed by atoms with Gasteiger partial charge < -0.3 is 4.90 Å². The third-order valence-corrected chi connectivity index (χ3v) is 5.89. The van der Waals surface area contributed by atoms with Gasteiger partial charge in [-0.2, -0.15) is 13.2 Å². The van der Waals surface area contributed by atoms with Crippen LogP contribution in [-0.2, 0) is 12.6 Å². The molecular weight excluding hydrogens is 419 g/mol. The summed E-state index contributed by atoms with van der Waals surface area (Å²) in [7, 11) is 0. The minimum atomic E-state index is -4.52. The number of hydrogen-bond acceptors (Lipinski definition) is 4. The zero-order valence-corrected chi connectivity index (χ0v) is 18.5. The average molecular weight is 446 g/mol. The molecule has 0 spiro atoms. The summed E-state index contributed by atoms with van der Waals surface area (Å²) < 4.78 is 40.7. The summed E-state index contributed by atoms with van der Waals surface area (Å²) in [6.45, 7) is 4.65. The molecule has 1 heterocycles. The number of nitrogens with zero attached hydrogens (tertiary/aromatic N) is 3. The lowest BCUT2D eigenvalue weighted by Crippen LogP contribution is -2.20. The van der Waals surface area contributed by atoms with Gasteiger partial charge in [-0.3, -0.25) is 0 Å². The van der Waals surface area contributed by atoms with Gasteiger partial charge in [0.2, 0.25) is 5.95 Å². The zero-order valence-electron chi connectivity index (χ0n) is 17.7. The Hall–Kier alpha value is -2.54. The zero-order chi connectivity index (χ0) is 22.3. The van der Waals surface area contributed by atoms with Crippen molar-refractivity contribution in [3.8, 4) is 0 Å². The Morgan fingerprint density at radius 1 is 0.935 bits per heavy atom. The Bertz CT molecular complexity index is 960. The number of aromatic nitrogens is 2. The summed E-state index contributed by atoms with van der Waals surface area (Å²) in [5.74, 6) is 0.257. The summed E-state index contributed by atoms with van der Waals surface area (Å²) >= 11 is 0.994. The van der Waals surface area contributed by atoms with E-state index in [1.54, 1.807) is 24.3 Å². The predicted octanol–water partition coefficient (Wildman–Crippen LogP) is 7.54. The molecule has 0 N–H and O–H groups in total. The second-order valence-electron chi connectivity index (χ2n) is 7.17. The molecule has 0 bridgehead atoms. The van der Waals surface area contributed by atoms with Crippen LogP contribution in [0.1, 0.15) is 44.2 Å². The molecule has 0 atom stereocenters.